The van der Waals surface area contributed by atoms with E-state index in [2.05, 4.69) is 15.2 Å². The number of benzene rings is 1. The number of methoxy groups -OCH3 is 2. The number of hydrogen-bond donors (Lipinski definition) is 1. The van der Waals surface area contributed by atoms with Crippen molar-refractivity contribution in [2.45, 2.75) is 25.7 Å². The summed E-state index contributed by atoms with van der Waals surface area (Å²) < 4.78 is 10.5. The van der Waals surface area contributed by atoms with Crippen molar-refractivity contribution in [3.63, 3.8) is 0 Å². The highest BCUT2D eigenvalue weighted by molar-refractivity contribution is 6.32. The van der Waals surface area contributed by atoms with E-state index in [0.29, 0.717) is 27.9 Å². The number of halogens is 1. The quantitative estimate of drug-likeness (QED) is 0.821. The minimum atomic E-state index is -0.319. The Labute approximate surface area is 164 Å². The first kappa shape index (κ1) is 19.3. The van der Waals surface area contributed by atoms with Crippen molar-refractivity contribution < 1.29 is 14.3 Å². The molecule has 27 heavy (non-hydrogen) atoms. The van der Waals surface area contributed by atoms with Gasteiger partial charge in [-0.1, -0.05) is 24.4 Å². The molecule has 1 fully saturated rings. The molecule has 1 aliphatic rings. The number of pyridine rings is 1. The standard InChI is InChI=1S/C20H24ClN3O3/c1-26-18-12-17(19(27-2)11-15(18)21)23-20(25)16-8-7-14(13-22-16)24-9-5-3-4-6-10-24/h7-8,11-13H,3-6,9-10H2,1-2H3,(H,23,25). The Morgan fingerprint density at radius 1 is 1.07 bits per heavy atom. The Morgan fingerprint density at radius 2 is 1.78 bits per heavy atom. The van der Waals surface area contributed by atoms with Crippen LogP contribution in [0.2, 0.25) is 5.02 Å². The summed E-state index contributed by atoms with van der Waals surface area (Å²) in [7, 11) is 3.03. The Bertz CT molecular complexity index is 788. The summed E-state index contributed by atoms with van der Waals surface area (Å²) >= 11 is 6.10. The van der Waals surface area contributed by atoms with Gasteiger partial charge in [0.1, 0.15) is 17.2 Å². The molecule has 1 aromatic heterocycles. The number of anilines is 2. The third-order valence-electron chi connectivity index (χ3n) is 4.67. The van der Waals surface area contributed by atoms with Crippen LogP contribution in [0.1, 0.15) is 36.2 Å². The topological polar surface area (TPSA) is 63.7 Å². The van der Waals surface area contributed by atoms with Gasteiger partial charge in [-0.25, -0.2) is 4.98 Å². The second-order valence-corrected chi connectivity index (χ2v) is 6.85. The molecule has 0 unspecified atom stereocenters. The number of aromatic nitrogens is 1. The van der Waals surface area contributed by atoms with Gasteiger partial charge < -0.3 is 19.7 Å². The number of rotatable bonds is 5. The third kappa shape index (κ3) is 4.63. The summed E-state index contributed by atoms with van der Waals surface area (Å²) in [5.41, 5.74) is 1.87. The van der Waals surface area contributed by atoms with Gasteiger partial charge in [0.25, 0.3) is 5.91 Å². The fourth-order valence-electron chi connectivity index (χ4n) is 3.18. The highest BCUT2D eigenvalue weighted by atomic mass is 35.5. The van der Waals surface area contributed by atoms with Crippen molar-refractivity contribution in [1.82, 2.24) is 4.98 Å². The van der Waals surface area contributed by atoms with Crippen LogP contribution in [0, 0.1) is 0 Å². The average Bonchev–Trinajstić information content (AvgIpc) is 2.98. The van der Waals surface area contributed by atoms with Gasteiger partial charge in [0, 0.05) is 25.2 Å². The van der Waals surface area contributed by atoms with Crippen LogP contribution in [-0.4, -0.2) is 38.2 Å². The second kappa shape index (κ2) is 8.95. The van der Waals surface area contributed by atoms with Crippen molar-refractivity contribution in [3.8, 4) is 11.5 Å². The molecule has 2 heterocycles. The highest BCUT2D eigenvalue weighted by Gasteiger charge is 2.16. The molecular formula is C20H24ClN3O3. The molecule has 0 aliphatic carbocycles. The molecule has 2 aromatic rings. The van der Waals surface area contributed by atoms with E-state index in [0.717, 1.165) is 18.8 Å². The first-order valence-corrected chi connectivity index (χ1v) is 9.44. The summed E-state index contributed by atoms with van der Waals surface area (Å²) in [4.78, 5) is 19.3. The van der Waals surface area contributed by atoms with E-state index < -0.39 is 0 Å². The fourth-order valence-corrected chi connectivity index (χ4v) is 3.41. The lowest BCUT2D eigenvalue weighted by Gasteiger charge is -2.22. The van der Waals surface area contributed by atoms with Gasteiger partial charge in [-0.2, -0.15) is 0 Å². The van der Waals surface area contributed by atoms with Crippen LogP contribution in [0.5, 0.6) is 11.5 Å². The summed E-state index contributed by atoms with van der Waals surface area (Å²) in [6, 6.07) is 6.93. The van der Waals surface area contributed by atoms with Crippen LogP contribution < -0.4 is 19.7 Å². The summed E-state index contributed by atoms with van der Waals surface area (Å²) in [6.45, 7) is 2.07. The second-order valence-electron chi connectivity index (χ2n) is 6.44. The van der Waals surface area contributed by atoms with Gasteiger partial charge in [-0.15, -0.1) is 0 Å². The first-order valence-electron chi connectivity index (χ1n) is 9.06. The van der Waals surface area contributed by atoms with Crippen LogP contribution in [0.3, 0.4) is 0 Å². The molecule has 0 saturated carbocycles. The zero-order valence-electron chi connectivity index (χ0n) is 15.6. The molecule has 0 bridgehead atoms. The maximum Gasteiger partial charge on any atom is 0.274 e. The summed E-state index contributed by atoms with van der Waals surface area (Å²) in [5, 5.41) is 3.22. The minimum Gasteiger partial charge on any atom is -0.495 e. The molecule has 1 N–H and O–H groups in total. The number of nitrogens with one attached hydrogen (secondary N) is 1. The molecular weight excluding hydrogens is 366 g/mol. The van der Waals surface area contributed by atoms with E-state index in [1.807, 2.05) is 6.07 Å². The van der Waals surface area contributed by atoms with Gasteiger partial charge in [-0.3, -0.25) is 4.79 Å². The number of hydrogen-bond acceptors (Lipinski definition) is 5. The normalized spacial score (nSPS) is 14.4. The Hall–Kier alpha value is -2.47. The van der Waals surface area contributed by atoms with Gasteiger partial charge >= 0.3 is 0 Å². The summed E-state index contributed by atoms with van der Waals surface area (Å²) in [6.07, 6.45) is 6.70. The lowest BCUT2D eigenvalue weighted by molar-refractivity contribution is 0.102. The molecule has 144 valence electrons. The predicted octanol–water partition coefficient (Wildman–Crippen LogP) is 4.38. The molecule has 6 nitrogen and oxygen atoms in total. The molecule has 1 aliphatic heterocycles. The lowest BCUT2D eigenvalue weighted by atomic mass is 10.2. The zero-order chi connectivity index (χ0) is 19.2. The zero-order valence-corrected chi connectivity index (χ0v) is 16.4. The molecule has 0 radical (unpaired) electrons. The lowest BCUT2D eigenvalue weighted by Crippen LogP contribution is -2.24. The summed E-state index contributed by atoms with van der Waals surface area (Å²) in [5.74, 6) is 0.590. The molecule has 1 saturated heterocycles. The predicted molar refractivity (Wildman–Crippen MR) is 107 cm³/mol. The van der Waals surface area contributed by atoms with Crippen LogP contribution in [0.25, 0.3) is 0 Å². The van der Waals surface area contributed by atoms with Crippen LogP contribution >= 0.6 is 11.6 Å². The van der Waals surface area contributed by atoms with Crippen molar-refractivity contribution >= 4 is 28.9 Å². The van der Waals surface area contributed by atoms with E-state index in [1.165, 1.54) is 39.9 Å². The van der Waals surface area contributed by atoms with Gasteiger partial charge in [0.15, 0.2) is 0 Å². The van der Waals surface area contributed by atoms with E-state index >= 15 is 0 Å². The molecule has 3 rings (SSSR count). The first-order chi connectivity index (χ1) is 13.1. The maximum absolute atomic E-state index is 12.6. The number of amides is 1. The number of carbonyl (C=O) groups is 1. The number of carbonyl (C=O) groups excluding carboxylic acids is 1. The molecule has 7 heteroatoms. The largest absolute Gasteiger partial charge is 0.495 e. The molecule has 1 aromatic carbocycles. The van der Waals surface area contributed by atoms with E-state index in [9.17, 15) is 4.79 Å². The van der Waals surface area contributed by atoms with Crippen LogP contribution in [0.4, 0.5) is 11.4 Å². The third-order valence-corrected chi connectivity index (χ3v) is 4.97. The molecule has 0 spiro atoms. The Kier molecular flexibility index (Phi) is 6.40. The molecule has 1 amide bonds. The SMILES string of the molecule is COc1cc(NC(=O)c2ccc(N3CCCCCC3)cn2)c(OC)cc1Cl. The minimum absolute atomic E-state index is 0.319. The maximum atomic E-state index is 12.6. The number of ether oxygens (including phenoxy) is 2. The van der Waals surface area contributed by atoms with Crippen molar-refractivity contribution in [2.75, 3.05) is 37.5 Å². The average molecular weight is 390 g/mol. The fraction of sp³-hybridized carbons (Fsp3) is 0.400. The van der Waals surface area contributed by atoms with Crippen LogP contribution in [-0.2, 0) is 0 Å². The van der Waals surface area contributed by atoms with Crippen molar-refractivity contribution in [1.29, 1.82) is 0 Å². The Balaban J connectivity index is 1.74. The van der Waals surface area contributed by atoms with Crippen molar-refractivity contribution in [3.05, 3.63) is 41.2 Å². The van der Waals surface area contributed by atoms with E-state index in [-0.39, 0.29) is 5.91 Å². The van der Waals surface area contributed by atoms with E-state index in [1.54, 1.807) is 24.4 Å². The van der Waals surface area contributed by atoms with E-state index in [4.69, 9.17) is 21.1 Å². The van der Waals surface area contributed by atoms with Gasteiger partial charge in [-0.05, 0) is 25.0 Å². The van der Waals surface area contributed by atoms with Crippen molar-refractivity contribution in [2.24, 2.45) is 0 Å². The van der Waals surface area contributed by atoms with Gasteiger partial charge in [0.2, 0.25) is 0 Å². The molecule has 0 atom stereocenters. The smallest absolute Gasteiger partial charge is 0.274 e. The van der Waals surface area contributed by atoms with Crippen LogP contribution in [0.15, 0.2) is 30.5 Å². The monoisotopic (exact) mass is 389 g/mol. The Morgan fingerprint density at radius 3 is 2.37 bits per heavy atom. The number of nitrogens with zero attached hydrogens (tertiary/aromatic N) is 2. The van der Waals surface area contributed by atoms with Gasteiger partial charge in [0.05, 0.1) is 36.8 Å². The highest BCUT2D eigenvalue weighted by Crippen LogP contribution is 2.36.